The molecule has 3 heterocycles. The Bertz CT molecular complexity index is 1210. The molecule has 0 radical (unpaired) electrons. The molecule has 0 aliphatic carbocycles. The van der Waals surface area contributed by atoms with Crippen molar-refractivity contribution in [2.75, 3.05) is 12.4 Å². The summed E-state index contributed by atoms with van der Waals surface area (Å²) in [6, 6.07) is 8.36. The first-order chi connectivity index (χ1) is 12.8. The van der Waals surface area contributed by atoms with E-state index in [0.717, 1.165) is 4.31 Å². The number of hydrogen-bond donors (Lipinski definition) is 2. The number of hydrogen-bond acceptors (Lipinski definition) is 6. The molecule has 4 rings (SSSR count). The topological polar surface area (TPSA) is 117 Å². The SMILES string of the molecule is CN1C(C(=O)Nc2ccncn2)=C(O)c2c(c3ccccc3n2C)S1(=O)=O. The standard InChI is InChI=1S/C17H15N5O4S/c1-21-11-6-4-3-5-10(11)16-13(21)15(23)14(22(2)27(16,25)26)17(24)20-12-7-8-18-9-19-12/h3-9,23H,1-2H3,(H,18,19,20,24). The fraction of sp³-hybridized carbons (Fsp3) is 0.118. The molecule has 10 heteroatoms. The van der Waals surface area contributed by atoms with Gasteiger partial charge in [0.1, 0.15) is 22.7 Å². The third kappa shape index (κ3) is 2.37. The number of aliphatic hydroxyl groups excluding tert-OH is 1. The lowest BCUT2D eigenvalue weighted by Crippen LogP contribution is -2.37. The summed E-state index contributed by atoms with van der Waals surface area (Å²) < 4.78 is 28.6. The van der Waals surface area contributed by atoms with Crippen molar-refractivity contribution >= 4 is 38.4 Å². The first-order valence-corrected chi connectivity index (χ1v) is 9.35. The van der Waals surface area contributed by atoms with Crippen LogP contribution in [0.15, 0.2) is 53.4 Å². The van der Waals surface area contributed by atoms with E-state index >= 15 is 0 Å². The van der Waals surface area contributed by atoms with Crippen molar-refractivity contribution in [3.63, 3.8) is 0 Å². The van der Waals surface area contributed by atoms with E-state index in [4.69, 9.17) is 0 Å². The minimum atomic E-state index is -4.04. The summed E-state index contributed by atoms with van der Waals surface area (Å²) >= 11 is 0. The van der Waals surface area contributed by atoms with E-state index < -0.39 is 21.7 Å². The van der Waals surface area contributed by atoms with Gasteiger partial charge in [0.25, 0.3) is 15.9 Å². The van der Waals surface area contributed by atoms with Gasteiger partial charge in [0.2, 0.25) is 0 Å². The van der Waals surface area contributed by atoms with Gasteiger partial charge in [0.05, 0.1) is 0 Å². The lowest BCUT2D eigenvalue weighted by molar-refractivity contribution is -0.113. The van der Waals surface area contributed by atoms with Crippen molar-refractivity contribution in [1.29, 1.82) is 0 Å². The van der Waals surface area contributed by atoms with Gasteiger partial charge in [-0.1, -0.05) is 18.2 Å². The maximum atomic E-state index is 13.1. The van der Waals surface area contributed by atoms with Crippen LogP contribution in [0.5, 0.6) is 0 Å². The van der Waals surface area contributed by atoms with Gasteiger partial charge in [-0.05, 0) is 12.1 Å². The van der Waals surface area contributed by atoms with Crippen LogP contribution in [-0.4, -0.2) is 45.3 Å². The van der Waals surface area contributed by atoms with Gasteiger partial charge in [0, 0.05) is 31.2 Å². The highest BCUT2D eigenvalue weighted by atomic mass is 32.2. The zero-order chi connectivity index (χ0) is 19.3. The molecular weight excluding hydrogens is 370 g/mol. The molecule has 0 atom stereocenters. The van der Waals surface area contributed by atoms with E-state index in [0.29, 0.717) is 10.9 Å². The minimum absolute atomic E-state index is 0.0285. The zero-order valence-electron chi connectivity index (χ0n) is 14.4. The molecule has 1 aromatic carbocycles. The van der Waals surface area contributed by atoms with E-state index in [9.17, 15) is 18.3 Å². The zero-order valence-corrected chi connectivity index (χ0v) is 15.2. The Hall–Kier alpha value is -3.40. The van der Waals surface area contributed by atoms with E-state index in [1.165, 1.54) is 25.6 Å². The van der Waals surface area contributed by atoms with Gasteiger partial charge in [-0.3, -0.25) is 9.10 Å². The summed E-state index contributed by atoms with van der Waals surface area (Å²) in [6.07, 6.45) is 2.67. The van der Waals surface area contributed by atoms with Crippen molar-refractivity contribution in [3.05, 3.63) is 54.2 Å². The molecule has 1 amide bonds. The number of amides is 1. The molecule has 27 heavy (non-hydrogen) atoms. The Kier molecular flexibility index (Phi) is 3.67. The molecule has 2 N–H and O–H groups in total. The highest BCUT2D eigenvalue weighted by molar-refractivity contribution is 7.89. The molecule has 0 saturated heterocycles. The molecule has 0 saturated carbocycles. The molecule has 0 fully saturated rings. The summed E-state index contributed by atoms with van der Waals surface area (Å²) in [6.45, 7) is 0. The van der Waals surface area contributed by atoms with Crippen molar-refractivity contribution in [2.45, 2.75) is 4.90 Å². The highest BCUT2D eigenvalue weighted by Crippen LogP contribution is 2.40. The van der Waals surface area contributed by atoms with Gasteiger partial charge >= 0.3 is 0 Å². The molecule has 138 valence electrons. The van der Waals surface area contributed by atoms with Crippen LogP contribution in [0.25, 0.3) is 16.7 Å². The average Bonchev–Trinajstić information content (AvgIpc) is 2.95. The second-order valence-corrected chi connectivity index (χ2v) is 7.88. The predicted molar refractivity (Wildman–Crippen MR) is 98.1 cm³/mol. The van der Waals surface area contributed by atoms with Gasteiger partial charge in [-0.25, -0.2) is 18.4 Å². The van der Waals surface area contributed by atoms with E-state index in [1.807, 2.05) is 0 Å². The second kappa shape index (κ2) is 5.81. The van der Waals surface area contributed by atoms with Crippen LogP contribution >= 0.6 is 0 Å². The number of nitrogens with zero attached hydrogens (tertiary/aromatic N) is 4. The largest absolute Gasteiger partial charge is 0.504 e. The average molecular weight is 385 g/mol. The number of fused-ring (bicyclic) bond motifs is 3. The summed E-state index contributed by atoms with van der Waals surface area (Å²) in [4.78, 5) is 20.3. The predicted octanol–water partition coefficient (Wildman–Crippen LogP) is 1.47. The number of aryl methyl sites for hydroxylation is 1. The molecule has 0 bridgehead atoms. The summed E-state index contributed by atoms with van der Waals surface area (Å²) in [5.74, 6) is -1.04. The molecular formula is C17H15N5O4S. The van der Waals surface area contributed by atoms with Crippen LogP contribution in [0.4, 0.5) is 5.82 Å². The van der Waals surface area contributed by atoms with Crippen molar-refractivity contribution in [3.8, 4) is 0 Å². The lowest BCUT2D eigenvalue weighted by atomic mass is 10.2. The first-order valence-electron chi connectivity index (χ1n) is 7.91. The third-order valence-corrected chi connectivity index (χ3v) is 6.31. The summed E-state index contributed by atoms with van der Waals surface area (Å²) in [7, 11) is -1.18. The summed E-state index contributed by atoms with van der Waals surface area (Å²) in [5, 5.41) is 13.8. The minimum Gasteiger partial charge on any atom is -0.504 e. The number of carbonyl (C=O) groups excluding carboxylic acids is 1. The number of aromatic nitrogens is 3. The first kappa shape index (κ1) is 17.0. The Balaban J connectivity index is 1.95. The number of likely N-dealkylation sites (N-methyl/N-ethyl adjacent to an activating group) is 1. The highest BCUT2D eigenvalue weighted by Gasteiger charge is 2.41. The number of benzene rings is 1. The smallest absolute Gasteiger partial charge is 0.278 e. The van der Waals surface area contributed by atoms with E-state index in [-0.39, 0.29) is 22.1 Å². The maximum absolute atomic E-state index is 13.1. The van der Waals surface area contributed by atoms with Crippen LogP contribution in [0.1, 0.15) is 5.69 Å². The fourth-order valence-electron chi connectivity index (χ4n) is 3.20. The number of carbonyl (C=O) groups is 1. The van der Waals surface area contributed by atoms with Crippen LogP contribution in [-0.2, 0) is 21.9 Å². The quantitative estimate of drug-likeness (QED) is 0.690. The van der Waals surface area contributed by atoms with Crippen molar-refractivity contribution in [1.82, 2.24) is 18.8 Å². The molecule has 1 aliphatic rings. The Morgan fingerprint density at radius 2 is 1.93 bits per heavy atom. The van der Waals surface area contributed by atoms with Gasteiger partial charge in [-0.15, -0.1) is 0 Å². The Morgan fingerprint density at radius 1 is 1.19 bits per heavy atom. The number of anilines is 1. The van der Waals surface area contributed by atoms with Gasteiger partial charge < -0.3 is 15.0 Å². The molecule has 9 nitrogen and oxygen atoms in total. The fourth-order valence-corrected chi connectivity index (χ4v) is 4.81. The number of nitrogens with one attached hydrogen (secondary N) is 1. The summed E-state index contributed by atoms with van der Waals surface area (Å²) in [5.41, 5.74) is 0.317. The lowest BCUT2D eigenvalue weighted by Gasteiger charge is -2.27. The maximum Gasteiger partial charge on any atom is 0.278 e. The van der Waals surface area contributed by atoms with Gasteiger partial charge in [-0.2, -0.15) is 0 Å². The van der Waals surface area contributed by atoms with Crippen LogP contribution < -0.4 is 5.32 Å². The second-order valence-electron chi connectivity index (χ2n) is 5.97. The Morgan fingerprint density at radius 3 is 2.63 bits per heavy atom. The van der Waals surface area contributed by atoms with Crippen molar-refractivity contribution < 1.29 is 18.3 Å². The molecule has 2 aromatic heterocycles. The number of aliphatic hydroxyl groups is 1. The van der Waals surface area contributed by atoms with Crippen LogP contribution in [0.2, 0.25) is 0 Å². The molecule has 0 unspecified atom stereocenters. The van der Waals surface area contributed by atoms with E-state index in [1.54, 1.807) is 35.9 Å². The number of rotatable bonds is 2. The van der Waals surface area contributed by atoms with E-state index in [2.05, 4.69) is 15.3 Å². The normalized spacial score (nSPS) is 15.7. The van der Waals surface area contributed by atoms with Crippen molar-refractivity contribution in [2.24, 2.45) is 7.05 Å². The molecule has 1 aliphatic heterocycles. The van der Waals surface area contributed by atoms with Crippen LogP contribution in [0.3, 0.4) is 0 Å². The monoisotopic (exact) mass is 385 g/mol. The number of para-hydroxylation sites is 1. The number of sulfonamides is 1. The van der Waals surface area contributed by atoms with Crippen LogP contribution in [0, 0.1) is 0 Å². The Labute approximate surface area is 154 Å². The third-order valence-electron chi connectivity index (χ3n) is 4.48. The molecule has 3 aromatic rings. The van der Waals surface area contributed by atoms with Gasteiger partial charge in [0.15, 0.2) is 11.5 Å². The molecule has 0 spiro atoms.